The molecule has 0 aromatic heterocycles. The Morgan fingerprint density at radius 2 is 1.76 bits per heavy atom. The lowest BCUT2D eigenvalue weighted by Gasteiger charge is -2.10. The van der Waals surface area contributed by atoms with Gasteiger partial charge in [-0.15, -0.1) is 0 Å². The summed E-state index contributed by atoms with van der Waals surface area (Å²) in [6, 6.07) is 13.8. The number of hydrogen-bond donors (Lipinski definition) is 2. The van der Waals surface area contributed by atoms with Crippen LogP contribution >= 0.6 is 11.6 Å². The van der Waals surface area contributed by atoms with Crippen LogP contribution in [0.2, 0.25) is 5.02 Å². The highest BCUT2D eigenvalue weighted by atomic mass is 35.5. The first kappa shape index (κ1) is 18.5. The summed E-state index contributed by atoms with van der Waals surface area (Å²) in [6.45, 7) is 4.00. The molecule has 2 aromatic carbocycles. The summed E-state index contributed by atoms with van der Waals surface area (Å²) in [5.41, 5.74) is 3.98. The van der Waals surface area contributed by atoms with Crippen LogP contribution in [0.15, 0.2) is 53.6 Å². The third kappa shape index (κ3) is 5.32. The Kier molecular flexibility index (Phi) is 6.54. The molecule has 0 aliphatic rings. The predicted molar refractivity (Wildman–Crippen MR) is 98.0 cm³/mol. The molecule has 0 bridgehead atoms. The molecule has 2 amide bonds. The molecule has 0 unspecified atom stereocenters. The molecular formula is C18H18ClN3O3. The van der Waals surface area contributed by atoms with Gasteiger partial charge in [0.15, 0.2) is 0 Å². The molecule has 2 rings (SSSR count). The van der Waals surface area contributed by atoms with E-state index >= 15 is 0 Å². The molecule has 6 nitrogen and oxygen atoms in total. The van der Waals surface area contributed by atoms with Gasteiger partial charge in [0, 0.05) is 5.02 Å². The lowest BCUT2D eigenvalue weighted by atomic mass is 10.1. The lowest BCUT2D eigenvalue weighted by molar-refractivity contribution is -0.136. The van der Waals surface area contributed by atoms with Crippen molar-refractivity contribution in [2.75, 3.05) is 11.9 Å². The summed E-state index contributed by atoms with van der Waals surface area (Å²) in [7, 11) is 0. The fourth-order valence-corrected chi connectivity index (χ4v) is 2.10. The number of hydrazone groups is 1. The van der Waals surface area contributed by atoms with Crippen molar-refractivity contribution in [3.63, 3.8) is 0 Å². The minimum atomic E-state index is -0.875. The van der Waals surface area contributed by atoms with Gasteiger partial charge < -0.3 is 10.1 Å². The highest BCUT2D eigenvalue weighted by Crippen LogP contribution is 2.23. The summed E-state index contributed by atoms with van der Waals surface area (Å²) in [5.74, 6) is -1.22. The largest absolute Gasteiger partial charge is 0.492 e. The molecule has 0 heterocycles. The molecule has 0 fully saturated rings. The molecule has 0 radical (unpaired) electrons. The normalized spacial score (nSPS) is 10.9. The third-order valence-corrected chi connectivity index (χ3v) is 3.48. The molecule has 2 aromatic rings. The van der Waals surface area contributed by atoms with E-state index in [1.807, 2.05) is 6.92 Å². The Labute approximate surface area is 150 Å². The van der Waals surface area contributed by atoms with Gasteiger partial charge in [-0.2, -0.15) is 5.10 Å². The summed E-state index contributed by atoms with van der Waals surface area (Å²) in [5, 5.41) is 7.04. The van der Waals surface area contributed by atoms with E-state index in [9.17, 15) is 9.59 Å². The van der Waals surface area contributed by atoms with Crippen molar-refractivity contribution in [2.45, 2.75) is 13.8 Å². The number of ether oxygens (including phenoxy) is 1. The van der Waals surface area contributed by atoms with Gasteiger partial charge in [-0.05, 0) is 43.7 Å². The molecule has 0 atom stereocenters. The van der Waals surface area contributed by atoms with Crippen molar-refractivity contribution < 1.29 is 14.3 Å². The van der Waals surface area contributed by atoms with Crippen LogP contribution in [-0.4, -0.2) is 24.1 Å². The number of para-hydroxylation sites is 2. The Bertz CT molecular complexity index is 788. The molecule has 7 heteroatoms. The van der Waals surface area contributed by atoms with E-state index in [0.29, 0.717) is 28.8 Å². The van der Waals surface area contributed by atoms with Crippen LogP contribution in [0.25, 0.3) is 0 Å². The average Bonchev–Trinajstić information content (AvgIpc) is 2.61. The molecule has 0 spiro atoms. The molecule has 25 heavy (non-hydrogen) atoms. The zero-order chi connectivity index (χ0) is 18.2. The maximum atomic E-state index is 12.0. The number of rotatable bonds is 5. The van der Waals surface area contributed by atoms with E-state index in [4.69, 9.17) is 16.3 Å². The molecule has 0 saturated heterocycles. The number of halogens is 1. The van der Waals surface area contributed by atoms with Gasteiger partial charge in [0.25, 0.3) is 0 Å². The van der Waals surface area contributed by atoms with E-state index in [1.165, 1.54) is 0 Å². The second kappa shape index (κ2) is 8.84. The quantitative estimate of drug-likeness (QED) is 0.488. The Morgan fingerprint density at radius 1 is 1.08 bits per heavy atom. The van der Waals surface area contributed by atoms with Crippen molar-refractivity contribution in [3.8, 4) is 5.75 Å². The minimum Gasteiger partial charge on any atom is -0.492 e. The maximum Gasteiger partial charge on any atom is 0.329 e. The SMILES string of the molecule is CCOc1ccccc1NC(=O)C(=O)N/N=C(\C)c1ccc(Cl)cc1. The van der Waals surface area contributed by atoms with Crippen LogP contribution in [0.4, 0.5) is 5.69 Å². The van der Waals surface area contributed by atoms with Gasteiger partial charge in [-0.3, -0.25) is 9.59 Å². The number of carbonyl (C=O) groups is 2. The number of nitrogens with one attached hydrogen (secondary N) is 2. The number of anilines is 1. The highest BCUT2D eigenvalue weighted by Gasteiger charge is 2.15. The van der Waals surface area contributed by atoms with Gasteiger partial charge in [0.1, 0.15) is 5.75 Å². The molecule has 0 saturated carbocycles. The summed E-state index contributed by atoms with van der Waals surface area (Å²) in [6.07, 6.45) is 0. The Balaban J connectivity index is 2.00. The number of nitrogens with zero attached hydrogens (tertiary/aromatic N) is 1. The topological polar surface area (TPSA) is 79.8 Å². The van der Waals surface area contributed by atoms with E-state index in [1.54, 1.807) is 55.5 Å². The van der Waals surface area contributed by atoms with Crippen LogP contribution in [0.1, 0.15) is 19.4 Å². The van der Waals surface area contributed by atoms with E-state index in [0.717, 1.165) is 5.56 Å². The second-order valence-corrected chi connectivity index (χ2v) is 5.46. The van der Waals surface area contributed by atoms with Crippen LogP contribution in [-0.2, 0) is 9.59 Å². The second-order valence-electron chi connectivity index (χ2n) is 5.03. The summed E-state index contributed by atoms with van der Waals surface area (Å²) < 4.78 is 5.40. The molecule has 2 N–H and O–H groups in total. The van der Waals surface area contributed by atoms with Gasteiger partial charge in [-0.1, -0.05) is 35.9 Å². The summed E-state index contributed by atoms with van der Waals surface area (Å²) >= 11 is 5.82. The van der Waals surface area contributed by atoms with E-state index in [2.05, 4.69) is 15.8 Å². The fourth-order valence-electron chi connectivity index (χ4n) is 1.97. The zero-order valence-electron chi connectivity index (χ0n) is 13.9. The van der Waals surface area contributed by atoms with Crippen molar-refractivity contribution in [2.24, 2.45) is 5.10 Å². The molecular weight excluding hydrogens is 342 g/mol. The lowest BCUT2D eigenvalue weighted by Crippen LogP contribution is -2.33. The number of hydrogen-bond acceptors (Lipinski definition) is 4. The van der Waals surface area contributed by atoms with Crippen molar-refractivity contribution in [3.05, 3.63) is 59.1 Å². The van der Waals surface area contributed by atoms with Gasteiger partial charge in [0.05, 0.1) is 18.0 Å². The average molecular weight is 360 g/mol. The molecule has 0 aliphatic carbocycles. The Hall–Kier alpha value is -2.86. The van der Waals surface area contributed by atoms with E-state index < -0.39 is 11.8 Å². The Morgan fingerprint density at radius 3 is 2.44 bits per heavy atom. The number of carbonyl (C=O) groups excluding carboxylic acids is 2. The summed E-state index contributed by atoms with van der Waals surface area (Å²) in [4.78, 5) is 23.9. The monoisotopic (exact) mass is 359 g/mol. The number of amides is 2. The standard InChI is InChI=1S/C18H18ClN3O3/c1-3-25-16-7-5-4-6-15(16)20-17(23)18(24)22-21-12(2)13-8-10-14(19)11-9-13/h4-11H,3H2,1-2H3,(H,20,23)(H,22,24)/b21-12+. The first-order valence-electron chi connectivity index (χ1n) is 7.64. The maximum absolute atomic E-state index is 12.0. The minimum absolute atomic E-state index is 0.419. The van der Waals surface area contributed by atoms with Gasteiger partial charge in [0.2, 0.25) is 0 Å². The first-order chi connectivity index (χ1) is 12.0. The molecule has 130 valence electrons. The van der Waals surface area contributed by atoms with Crippen LogP contribution in [0.5, 0.6) is 5.75 Å². The van der Waals surface area contributed by atoms with Crippen LogP contribution < -0.4 is 15.5 Å². The zero-order valence-corrected chi connectivity index (χ0v) is 14.6. The van der Waals surface area contributed by atoms with Crippen molar-refractivity contribution in [1.29, 1.82) is 0 Å². The van der Waals surface area contributed by atoms with E-state index in [-0.39, 0.29) is 0 Å². The smallest absolute Gasteiger partial charge is 0.329 e. The molecule has 0 aliphatic heterocycles. The van der Waals surface area contributed by atoms with Crippen LogP contribution in [0, 0.1) is 0 Å². The first-order valence-corrected chi connectivity index (χ1v) is 8.02. The van der Waals surface area contributed by atoms with Crippen molar-refractivity contribution in [1.82, 2.24) is 5.43 Å². The predicted octanol–water partition coefficient (Wildman–Crippen LogP) is 3.22. The highest BCUT2D eigenvalue weighted by molar-refractivity contribution is 6.39. The van der Waals surface area contributed by atoms with Gasteiger partial charge in [-0.25, -0.2) is 5.43 Å². The fraction of sp³-hybridized carbons (Fsp3) is 0.167. The van der Waals surface area contributed by atoms with Crippen LogP contribution in [0.3, 0.4) is 0 Å². The third-order valence-electron chi connectivity index (χ3n) is 3.23. The van der Waals surface area contributed by atoms with Gasteiger partial charge >= 0.3 is 11.8 Å². The van der Waals surface area contributed by atoms with Crippen molar-refractivity contribution >= 4 is 34.8 Å². The number of benzene rings is 2.